The van der Waals surface area contributed by atoms with E-state index in [-0.39, 0.29) is 12.3 Å². The first-order chi connectivity index (χ1) is 9.06. The third kappa shape index (κ3) is 3.64. The number of nitrogens with one attached hydrogen (secondary N) is 1. The minimum atomic E-state index is -0.0557. The van der Waals surface area contributed by atoms with Crippen LogP contribution < -0.4 is 5.32 Å². The zero-order valence-electron chi connectivity index (χ0n) is 10.9. The van der Waals surface area contributed by atoms with Crippen LogP contribution in [0.15, 0.2) is 41.0 Å². The number of hydrogen-bond donors (Lipinski definition) is 1. The summed E-state index contributed by atoms with van der Waals surface area (Å²) in [7, 11) is 0. The van der Waals surface area contributed by atoms with Gasteiger partial charge in [0.1, 0.15) is 0 Å². The van der Waals surface area contributed by atoms with Gasteiger partial charge in [-0.2, -0.15) is 0 Å². The van der Waals surface area contributed by atoms with Gasteiger partial charge in [0.25, 0.3) is 0 Å². The zero-order chi connectivity index (χ0) is 13.8. The van der Waals surface area contributed by atoms with Gasteiger partial charge in [0.15, 0.2) is 0 Å². The predicted octanol–water partition coefficient (Wildman–Crippen LogP) is 3.64. The van der Waals surface area contributed by atoms with E-state index in [0.29, 0.717) is 0 Å². The summed E-state index contributed by atoms with van der Waals surface area (Å²) in [5.41, 5.74) is 3.80. The molecule has 2 rings (SSSR count). The first-order valence-corrected chi connectivity index (χ1v) is 6.82. The highest BCUT2D eigenvalue weighted by Gasteiger charge is 2.07. The van der Waals surface area contributed by atoms with Crippen molar-refractivity contribution in [2.45, 2.75) is 20.3 Å². The van der Waals surface area contributed by atoms with Crippen molar-refractivity contribution in [1.29, 1.82) is 0 Å². The number of hydrogen-bond acceptors (Lipinski definition) is 2. The molecule has 0 unspecified atom stereocenters. The molecule has 0 radical (unpaired) electrons. The maximum Gasteiger partial charge on any atom is 0.230 e. The highest BCUT2D eigenvalue weighted by Crippen LogP contribution is 2.25. The molecule has 1 aromatic carbocycles. The van der Waals surface area contributed by atoms with Crippen molar-refractivity contribution < 1.29 is 4.79 Å². The van der Waals surface area contributed by atoms with Crippen LogP contribution in [0.25, 0.3) is 0 Å². The molecular weight excluding hydrogens is 304 g/mol. The van der Waals surface area contributed by atoms with Gasteiger partial charge in [-0.05, 0) is 49.2 Å². The molecule has 0 atom stereocenters. The summed E-state index contributed by atoms with van der Waals surface area (Å²) in [4.78, 5) is 16.1. The fourth-order valence-electron chi connectivity index (χ4n) is 1.89. The van der Waals surface area contributed by atoms with Crippen molar-refractivity contribution in [3.63, 3.8) is 0 Å². The Kier molecular flexibility index (Phi) is 4.32. The highest BCUT2D eigenvalue weighted by molar-refractivity contribution is 9.10. The molecular formula is C15H15BrN2O. The Morgan fingerprint density at radius 1 is 1.26 bits per heavy atom. The molecule has 0 saturated heterocycles. The largest absolute Gasteiger partial charge is 0.326 e. The summed E-state index contributed by atoms with van der Waals surface area (Å²) in [5, 5.41) is 2.90. The summed E-state index contributed by atoms with van der Waals surface area (Å²) in [5.74, 6) is -0.0557. The van der Waals surface area contributed by atoms with Crippen LogP contribution in [0, 0.1) is 13.8 Å². The van der Waals surface area contributed by atoms with E-state index < -0.39 is 0 Å². The summed E-state index contributed by atoms with van der Waals surface area (Å²) < 4.78 is 1.08. The van der Waals surface area contributed by atoms with E-state index in [2.05, 4.69) is 26.2 Å². The number of benzene rings is 1. The van der Waals surface area contributed by atoms with E-state index in [9.17, 15) is 4.79 Å². The van der Waals surface area contributed by atoms with Gasteiger partial charge in [-0.3, -0.25) is 9.78 Å². The van der Waals surface area contributed by atoms with E-state index in [0.717, 1.165) is 27.0 Å². The molecule has 0 aliphatic rings. The third-order valence-corrected chi connectivity index (χ3v) is 4.04. The van der Waals surface area contributed by atoms with Crippen LogP contribution >= 0.6 is 15.9 Å². The molecule has 1 amide bonds. The van der Waals surface area contributed by atoms with Crippen LogP contribution in [-0.2, 0) is 11.2 Å². The number of halogens is 1. The van der Waals surface area contributed by atoms with Crippen molar-refractivity contribution in [2.24, 2.45) is 0 Å². The second-order valence-corrected chi connectivity index (χ2v) is 5.26. The van der Waals surface area contributed by atoms with Gasteiger partial charge in [0.05, 0.1) is 6.42 Å². The zero-order valence-corrected chi connectivity index (χ0v) is 12.5. The number of amides is 1. The maximum atomic E-state index is 11.9. The molecule has 1 heterocycles. The predicted molar refractivity (Wildman–Crippen MR) is 80.2 cm³/mol. The quantitative estimate of drug-likeness (QED) is 0.938. The van der Waals surface area contributed by atoms with E-state index in [1.54, 1.807) is 6.20 Å². The third-order valence-electron chi connectivity index (χ3n) is 2.79. The van der Waals surface area contributed by atoms with Crippen molar-refractivity contribution in [3.05, 3.63) is 57.8 Å². The molecule has 0 aliphatic carbocycles. The average Bonchev–Trinajstić information content (AvgIpc) is 2.37. The topological polar surface area (TPSA) is 42.0 Å². The normalized spacial score (nSPS) is 10.3. The van der Waals surface area contributed by atoms with Gasteiger partial charge < -0.3 is 5.32 Å². The van der Waals surface area contributed by atoms with E-state index in [1.165, 1.54) is 0 Å². The lowest BCUT2D eigenvalue weighted by Gasteiger charge is -2.09. The molecule has 4 heteroatoms. The number of carbonyl (C=O) groups is 1. The molecule has 3 nitrogen and oxygen atoms in total. The van der Waals surface area contributed by atoms with Crippen LogP contribution in [0.4, 0.5) is 5.69 Å². The molecule has 0 saturated carbocycles. The molecule has 0 fully saturated rings. The Bertz CT molecular complexity index is 573. The monoisotopic (exact) mass is 318 g/mol. The number of aromatic nitrogens is 1. The maximum absolute atomic E-state index is 11.9. The molecule has 0 aliphatic heterocycles. The summed E-state index contributed by atoms with van der Waals surface area (Å²) in [6.45, 7) is 4.01. The number of pyridine rings is 1. The first kappa shape index (κ1) is 13.7. The minimum Gasteiger partial charge on any atom is -0.326 e. The molecule has 0 spiro atoms. The standard InChI is InChI=1S/C15H15BrN2O/c1-10-7-13(8-11(2)15(10)16)18-14(19)9-12-5-3-4-6-17-12/h3-8H,9H2,1-2H3,(H,18,19). The number of anilines is 1. The SMILES string of the molecule is Cc1cc(NC(=O)Cc2ccccn2)cc(C)c1Br. The Morgan fingerprint density at radius 2 is 1.95 bits per heavy atom. The number of aryl methyl sites for hydroxylation is 2. The summed E-state index contributed by atoms with van der Waals surface area (Å²) >= 11 is 3.51. The van der Waals surface area contributed by atoms with Crippen molar-refractivity contribution in [1.82, 2.24) is 4.98 Å². The Balaban J connectivity index is 2.07. The van der Waals surface area contributed by atoms with E-state index >= 15 is 0 Å². The molecule has 19 heavy (non-hydrogen) atoms. The van der Waals surface area contributed by atoms with Gasteiger partial charge in [0, 0.05) is 22.1 Å². The number of nitrogens with zero attached hydrogens (tertiary/aromatic N) is 1. The minimum absolute atomic E-state index is 0.0557. The van der Waals surface area contributed by atoms with Crippen molar-refractivity contribution in [2.75, 3.05) is 5.32 Å². The van der Waals surface area contributed by atoms with Crippen molar-refractivity contribution in [3.8, 4) is 0 Å². The summed E-state index contributed by atoms with van der Waals surface area (Å²) in [6.07, 6.45) is 1.98. The van der Waals surface area contributed by atoms with Crippen LogP contribution in [0.5, 0.6) is 0 Å². The number of carbonyl (C=O) groups excluding carboxylic acids is 1. The van der Waals surface area contributed by atoms with Gasteiger partial charge in [-0.25, -0.2) is 0 Å². The lowest BCUT2D eigenvalue weighted by molar-refractivity contribution is -0.115. The second kappa shape index (κ2) is 5.97. The Hall–Kier alpha value is -1.68. The van der Waals surface area contributed by atoms with E-state index in [1.807, 2.05) is 44.2 Å². The van der Waals surface area contributed by atoms with E-state index in [4.69, 9.17) is 0 Å². The van der Waals surface area contributed by atoms with Crippen molar-refractivity contribution >= 4 is 27.5 Å². The van der Waals surface area contributed by atoms with Gasteiger partial charge in [-0.1, -0.05) is 22.0 Å². The fourth-order valence-corrected chi connectivity index (χ4v) is 2.12. The lowest BCUT2D eigenvalue weighted by Crippen LogP contribution is -2.15. The number of rotatable bonds is 3. The van der Waals surface area contributed by atoms with Gasteiger partial charge in [0.2, 0.25) is 5.91 Å². The average molecular weight is 319 g/mol. The lowest BCUT2D eigenvalue weighted by atomic mass is 10.1. The molecule has 2 aromatic rings. The van der Waals surface area contributed by atoms with Gasteiger partial charge in [-0.15, -0.1) is 0 Å². The molecule has 1 N–H and O–H groups in total. The molecule has 98 valence electrons. The highest BCUT2D eigenvalue weighted by atomic mass is 79.9. The van der Waals surface area contributed by atoms with Crippen LogP contribution in [0.1, 0.15) is 16.8 Å². The van der Waals surface area contributed by atoms with Crippen LogP contribution in [-0.4, -0.2) is 10.9 Å². The summed E-state index contributed by atoms with van der Waals surface area (Å²) in [6, 6.07) is 9.46. The Morgan fingerprint density at radius 3 is 2.53 bits per heavy atom. The van der Waals surface area contributed by atoms with Crippen LogP contribution in [0.3, 0.4) is 0 Å². The smallest absolute Gasteiger partial charge is 0.230 e. The molecule has 0 bridgehead atoms. The van der Waals surface area contributed by atoms with Crippen LogP contribution in [0.2, 0.25) is 0 Å². The van der Waals surface area contributed by atoms with Gasteiger partial charge >= 0.3 is 0 Å². The fraction of sp³-hybridized carbons (Fsp3) is 0.200. The first-order valence-electron chi connectivity index (χ1n) is 6.03. The molecule has 1 aromatic heterocycles. The second-order valence-electron chi connectivity index (χ2n) is 4.47. The Labute approximate surface area is 121 Å².